The Morgan fingerprint density at radius 3 is 1.85 bits per heavy atom. The van der Waals surface area contributed by atoms with Crippen LogP contribution in [0, 0.1) is 0 Å². The highest BCUT2D eigenvalue weighted by atomic mass is 19.4. The largest absolute Gasteiger partial charge is 0.401 e. The van der Waals surface area contributed by atoms with E-state index in [0.717, 1.165) is 19.6 Å². The summed E-state index contributed by atoms with van der Waals surface area (Å²) in [6, 6.07) is 0. The van der Waals surface area contributed by atoms with Gasteiger partial charge in [0, 0.05) is 26.2 Å². The standard InChI is InChI=1S/C8H15F3N2/c1-2-12-3-5-13(6-4-12)7-8(9,10)11/h2-7H2,1H3. The molecule has 0 aliphatic carbocycles. The predicted molar refractivity (Wildman–Crippen MR) is 44.6 cm³/mol. The van der Waals surface area contributed by atoms with E-state index in [1.165, 1.54) is 4.90 Å². The maximum Gasteiger partial charge on any atom is 0.401 e. The van der Waals surface area contributed by atoms with Crippen LogP contribution in [-0.2, 0) is 0 Å². The van der Waals surface area contributed by atoms with Crippen LogP contribution >= 0.6 is 0 Å². The monoisotopic (exact) mass is 196 g/mol. The Balaban J connectivity index is 2.25. The van der Waals surface area contributed by atoms with Crippen LogP contribution in [-0.4, -0.2) is 55.2 Å². The highest BCUT2D eigenvalue weighted by Gasteiger charge is 2.31. The van der Waals surface area contributed by atoms with Crippen LogP contribution in [0.2, 0.25) is 0 Å². The molecule has 0 unspecified atom stereocenters. The molecule has 0 N–H and O–H groups in total. The number of alkyl halides is 3. The molecule has 0 aromatic carbocycles. The number of piperazine rings is 1. The zero-order valence-electron chi connectivity index (χ0n) is 7.77. The predicted octanol–water partition coefficient (Wildman–Crippen LogP) is 1.19. The van der Waals surface area contributed by atoms with Crippen LogP contribution in [0.5, 0.6) is 0 Å². The molecule has 2 nitrogen and oxygen atoms in total. The Morgan fingerprint density at radius 2 is 1.46 bits per heavy atom. The molecule has 5 heteroatoms. The number of halogens is 3. The van der Waals surface area contributed by atoms with Crippen molar-refractivity contribution in [3.63, 3.8) is 0 Å². The third-order valence-corrected chi connectivity index (χ3v) is 2.32. The maximum absolute atomic E-state index is 12.0. The summed E-state index contributed by atoms with van der Waals surface area (Å²) in [6.07, 6.45) is -4.05. The van der Waals surface area contributed by atoms with E-state index in [0.29, 0.717) is 13.1 Å². The van der Waals surface area contributed by atoms with Gasteiger partial charge in [0.25, 0.3) is 0 Å². The fourth-order valence-electron chi connectivity index (χ4n) is 1.52. The molecule has 78 valence electrons. The van der Waals surface area contributed by atoms with E-state index in [-0.39, 0.29) is 0 Å². The molecule has 0 spiro atoms. The molecule has 0 amide bonds. The van der Waals surface area contributed by atoms with Gasteiger partial charge in [-0.25, -0.2) is 0 Å². The average molecular weight is 196 g/mol. The lowest BCUT2D eigenvalue weighted by atomic mass is 10.3. The summed E-state index contributed by atoms with van der Waals surface area (Å²) in [5.74, 6) is 0. The van der Waals surface area contributed by atoms with E-state index in [1.54, 1.807) is 0 Å². The molecule has 13 heavy (non-hydrogen) atoms. The van der Waals surface area contributed by atoms with Crippen molar-refractivity contribution in [2.45, 2.75) is 13.1 Å². The summed E-state index contributed by atoms with van der Waals surface area (Å²) in [5.41, 5.74) is 0. The maximum atomic E-state index is 12.0. The van der Waals surface area contributed by atoms with Gasteiger partial charge >= 0.3 is 6.18 Å². The van der Waals surface area contributed by atoms with Crippen LogP contribution in [0.15, 0.2) is 0 Å². The Labute approximate surface area is 76.3 Å². The summed E-state index contributed by atoms with van der Waals surface area (Å²) < 4.78 is 35.9. The molecule has 0 aromatic heterocycles. The van der Waals surface area contributed by atoms with Crippen molar-refractivity contribution in [3.05, 3.63) is 0 Å². The smallest absolute Gasteiger partial charge is 0.301 e. The lowest BCUT2D eigenvalue weighted by Crippen LogP contribution is -2.48. The molecule has 1 heterocycles. The SMILES string of the molecule is CCN1CCN(CC(F)(F)F)CC1. The van der Waals surface area contributed by atoms with Crippen LogP contribution in [0.1, 0.15) is 6.92 Å². The van der Waals surface area contributed by atoms with Crippen molar-refractivity contribution >= 4 is 0 Å². The van der Waals surface area contributed by atoms with Gasteiger partial charge in [0.15, 0.2) is 0 Å². The van der Waals surface area contributed by atoms with Gasteiger partial charge in [-0.3, -0.25) is 4.90 Å². The Kier molecular flexibility index (Phi) is 3.55. The first kappa shape index (κ1) is 10.8. The van der Waals surface area contributed by atoms with E-state index < -0.39 is 12.7 Å². The van der Waals surface area contributed by atoms with Gasteiger partial charge in [0.05, 0.1) is 6.54 Å². The molecule has 0 aromatic rings. The number of likely N-dealkylation sites (N-methyl/N-ethyl adjacent to an activating group) is 1. The van der Waals surface area contributed by atoms with E-state index >= 15 is 0 Å². The minimum absolute atomic E-state index is 0.535. The molecule has 0 atom stereocenters. The van der Waals surface area contributed by atoms with E-state index in [1.807, 2.05) is 6.92 Å². The molecule has 1 saturated heterocycles. The normalized spacial score (nSPS) is 22.2. The van der Waals surface area contributed by atoms with Gasteiger partial charge in [-0.15, -0.1) is 0 Å². The minimum Gasteiger partial charge on any atom is -0.301 e. The summed E-state index contributed by atoms with van der Waals surface area (Å²) in [5, 5.41) is 0. The fraction of sp³-hybridized carbons (Fsp3) is 1.00. The van der Waals surface area contributed by atoms with Crippen molar-refractivity contribution in [3.8, 4) is 0 Å². The van der Waals surface area contributed by atoms with Crippen molar-refractivity contribution in [1.29, 1.82) is 0 Å². The second-order valence-electron chi connectivity index (χ2n) is 3.33. The average Bonchev–Trinajstić information content (AvgIpc) is 2.03. The molecule has 1 aliphatic heterocycles. The highest BCUT2D eigenvalue weighted by molar-refractivity contribution is 4.72. The highest BCUT2D eigenvalue weighted by Crippen LogP contribution is 2.17. The molecule has 1 fully saturated rings. The first-order valence-electron chi connectivity index (χ1n) is 4.52. The summed E-state index contributed by atoms with van der Waals surface area (Å²) in [4.78, 5) is 3.62. The van der Waals surface area contributed by atoms with E-state index in [9.17, 15) is 13.2 Å². The zero-order valence-corrected chi connectivity index (χ0v) is 7.77. The molecular formula is C8H15F3N2. The first-order chi connectivity index (χ1) is 6.01. The number of hydrogen-bond acceptors (Lipinski definition) is 2. The zero-order chi connectivity index (χ0) is 9.90. The quantitative estimate of drug-likeness (QED) is 0.654. The first-order valence-corrected chi connectivity index (χ1v) is 4.52. The van der Waals surface area contributed by atoms with Gasteiger partial charge in [0.1, 0.15) is 0 Å². The van der Waals surface area contributed by atoms with Crippen molar-refractivity contribution < 1.29 is 13.2 Å². The molecule has 1 rings (SSSR count). The van der Waals surface area contributed by atoms with Gasteiger partial charge < -0.3 is 4.90 Å². The Morgan fingerprint density at radius 1 is 1.00 bits per heavy atom. The Hall–Kier alpha value is -0.290. The van der Waals surface area contributed by atoms with Crippen molar-refractivity contribution in [2.75, 3.05) is 39.3 Å². The molecule has 1 aliphatic rings. The third kappa shape index (κ3) is 3.95. The summed E-state index contributed by atoms with van der Waals surface area (Å²) in [6.45, 7) is 4.78. The fourth-order valence-corrected chi connectivity index (χ4v) is 1.52. The number of nitrogens with zero attached hydrogens (tertiary/aromatic N) is 2. The second-order valence-corrected chi connectivity index (χ2v) is 3.33. The van der Waals surface area contributed by atoms with Crippen LogP contribution in [0.25, 0.3) is 0 Å². The van der Waals surface area contributed by atoms with Gasteiger partial charge in [0.2, 0.25) is 0 Å². The number of rotatable bonds is 2. The van der Waals surface area contributed by atoms with Crippen LogP contribution < -0.4 is 0 Å². The molecular weight excluding hydrogens is 181 g/mol. The summed E-state index contributed by atoms with van der Waals surface area (Å²) >= 11 is 0. The van der Waals surface area contributed by atoms with Gasteiger partial charge in [-0.05, 0) is 6.54 Å². The molecule has 0 radical (unpaired) electrons. The van der Waals surface area contributed by atoms with Crippen LogP contribution in [0.3, 0.4) is 0 Å². The van der Waals surface area contributed by atoms with Gasteiger partial charge in [-0.1, -0.05) is 6.92 Å². The topological polar surface area (TPSA) is 6.48 Å². The van der Waals surface area contributed by atoms with E-state index in [2.05, 4.69) is 4.90 Å². The van der Waals surface area contributed by atoms with E-state index in [4.69, 9.17) is 0 Å². The lowest BCUT2D eigenvalue weighted by molar-refractivity contribution is -0.149. The molecule has 0 bridgehead atoms. The number of hydrogen-bond donors (Lipinski definition) is 0. The second kappa shape index (κ2) is 4.28. The van der Waals surface area contributed by atoms with Gasteiger partial charge in [-0.2, -0.15) is 13.2 Å². The third-order valence-electron chi connectivity index (χ3n) is 2.32. The van der Waals surface area contributed by atoms with Crippen LogP contribution in [0.4, 0.5) is 13.2 Å². The minimum atomic E-state index is -4.05. The lowest BCUT2D eigenvalue weighted by Gasteiger charge is -2.34. The summed E-state index contributed by atoms with van der Waals surface area (Å²) in [7, 11) is 0. The molecule has 0 saturated carbocycles. The Bertz CT molecular complexity index is 150. The van der Waals surface area contributed by atoms with Crippen molar-refractivity contribution in [2.24, 2.45) is 0 Å². The van der Waals surface area contributed by atoms with Crippen molar-refractivity contribution in [1.82, 2.24) is 9.80 Å².